The molecule has 190 valence electrons. The highest BCUT2D eigenvalue weighted by atomic mass is 35.5. The highest BCUT2D eigenvalue weighted by molar-refractivity contribution is 6.32. The van der Waals surface area contributed by atoms with Crippen LogP contribution in [0.2, 0.25) is 5.02 Å². The number of nitrogens with zero attached hydrogens (tertiary/aromatic N) is 4. The van der Waals surface area contributed by atoms with Crippen molar-refractivity contribution >= 4 is 35.1 Å². The van der Waals surface area contributed by atoms with Gasteiger partial charge in [0.25, 0.3) is 5.91 Å². The molecule has 1 aromatic heterocycles. The zero-order valence-electron chi connectivity index (χ0n) is 19.1. The molecule has 1 fully saturated rings. The quantitative estimate of drug-likeness (QED) is 0.465. The van der Waals surface area contributed by atoms with Crippen molar-refractivity contribution in [3.05, 3.63) is 59.4 Å². The van der Waals surface area contributed by atoms with Gasteiger partial charge in [0, 0.05) is 50.3 Å². The van der Waals surface area contributed by atoms with Crippen molar-refractivity contribution < 1.29 is 27.4 Å². The fourth-order valence-corrected chi connectivity index (χ4v) is 3.79. The maximum absolute atomic E-state index is 12.6. The Labute approximate surface area is 209 Å². The van der Waals surface area contributed by atoms with Gasteiger partial charge in [0.1, 0.15) is 18.2 Å². The van der Waals surface area contributed by atoms with E-state index in [9.17, 15) is 18.0 Å². The van der Waals surface area contributed by atoms with E-state index in [1.54, 1.807) is 31.3 Å². The highest BCUT2D eigenvalue weighted by Crippen LogP contribution is 2.34. The maximum Gasteiger partial charge on any atom is 0.573 e. The molecule has 0 atom stereocenters. The predicted octanol–water partition coefficient (Wildman–Crippen LogP) is 4.57. The molecule has 2 heterocycles. The lowest BCUT2D eigenvalue weighted by Crippen LogP contribution is -2.39. The van der Waals surface area contributed by atoms with Gasteiger partial charge in [-0.1, -0.05) is 17.7 Å². The van der Waals surface area contributed by atoms with Crippen LogP contribution in [0.4, 0.5) is 30.8 Å². The Kier molecular flexibility index (Phi) is 7.63. The molecule has 1 saturated heterocycles. The summed E-state index contributed by atoms with van der Waals surface area (Å²) in [6.45, 7) is 1.14. The van der Waals surface area contributed by atoms with Gasteiger partial charge in [-0.05, 0) is 30.3 Å². The van der Waals surface area contributed by atoms with Crippen LogP contribution in [0.15, 0.2) is 48.8 Å². The van der Waals surface area contributed by atoms with Crippen molar-refractivity contribution in [2.75, 3.05) is 30.4 Å². The molecular formula is C23H22ClF3N6O3. The molecule has 0 spiro atoms. The molecule has 36 heavy (non-hydrogen) atoms. The number of halogens is 4. The highest BCUT2D eigenvalue weighted by Gasteiger charge is 2.32. The molecule has 2 N–H and O–H groups in total. The van der Waals surface area contributed by atoms with Crippen LogP contribution in [0.5, 0.6) is 11.5 Å². The Morgan fingerprint density at radius 1 is 1.14 bits per heavy atom. The number of benzene rings is 2. The van der Waals surface area contributed by atoms with Crippen LogP contribution in [-0.2, 0) is 0 Å². The maximum atomic E-state index is 12.6. The number of piperidine rings is 1. The summed E-state index contributed by atoms with van der Waals surface area (Å²) in [5.74, 6) is 0.322. The molecule has 13 heteroatoms. The second kappa shape index (κ2) is 10.9. The Hall–Kier alpha value is -3.80. The van der Waals surface area contributed by atoms with E-state index in [1.165, 1.54) is 18.5 Å². The van der Waals surface area contributed by atoms with Gasteiger partial charge in [-0.15, -0.1) is 13.2 Å². The van der Waals surface area contributed by atoms with Crippen molar-refractivity contribution in [1.29, 1.82) is 0 Å². The van der Waals surface area contributed by atoms with Crippen LogP contribution >= 0.6 is 11.6 Å². The molecule has 0 unspecified atom stereocenters. The minimum atomic E-state index is -4.85. The molecule has 9 nitrogen and oxygen atoms in total. The summed E-state index contributed by atoms with van der Waals surface area (Å²) in [5.41, 5.74) is 1.15. The lowest BCUT2D eigenvalue weighted by atomic mass is 10.1. The first-order chi connectivity index (χ1) is 17.2. The normalized spacial score (nSPS) is 14.3. The van der Waals surface area contributed by atoms with Gasteiger partial charge >= 0.3 is 6.36 Å². The van der Waals surface area contributed by atoms with Gasteiger partial charge in [-0.25, -0.2) is 9.97 Å². The van der Waals surface area contributed by atoms with Crippen molar-refractivity contribution in [3.8, 4) is 11.5 Å². The van der Waals surface area contributed by atoms with Gasteiger partial charge in [0.15, 0.2) is 5.75 Å². The fourth-order valence-electron chi connectivity index (χ4n) is 3.64. The van der Waals surface area contributed by atoms with Crippen molar-refractivity contribution in [2.24, 2.45) is 0 Å². The lowest BCUT2D eigenvalue weighted by molar-refractivity contribution is -0.274. The van der Waals surface area contributed by atoms with Gasteiger partial charge in [0.2, 0.25) is 11.9 Å². The summed E-state index contributed by atoms with van der Waals surface area (Å²) in [6, 6.07) is 10.9. The van der Waals surface area contributed by atoms with Crippen LogP contribution < -0.4 is 25.0 Å². The molecule has 1 aliphatic rings. The van der Waals surface area contributed by atoms with Gasteiger partial charge in [-0.2, -0.15) is 4.98 Å². The molecule has 0 saturated carbocycles. The van der Waals surface area contributed by atoms with Crippen LogP contribution in [0.25, 0.3) is 0 Å². The van der Waals surface area contributed by atoms with E-state index in [1.807, 2.05) is 4.90 Å². The molecule has 4 rings (SSSR count). The van der Waals surface area contributed by atoms with E-state index in [2.05, 4.69) is 30.3 Å². The van der Waals surface area contributed by atoms with E-state index in [0.29, 0.717) is 49.1 Å². The van der Waals surface area contributed by atoms with Crippen LogP contribution in [0.1, 0.15) is 23.2 Å². The Morgan fingerprint density at radius 3 is 2.64 bits per heavy atom. The Morgan fingerprint density at radius 2 is 1.92 bits per heavy atom. The van der Waals surface area contributed by atoms with Crippen LogP contribution in [0.3, 0.4) is 0 Å². The fraction of sp³-hybridized carbons (Fsp3) is 0.304. The third-order valence-corrected chi connectivity index (χ3v) is 5.64. The summed E-state index contributed by atoms with van der Waals surface area (Å²) in [5, 5.41) is 5.49. The summed E-state index contributed by atoms with van der Waals surface area (Å²) in [4.78, 5) is 26.7. The van der Waals surface area contributed by atoms with Crippen molar-refractivity contribution in [2.45, 2.75) is 25.3 Å². The van der Waals surface area contributed by atoms with Gasteiger partial charge in [0.05, 0.1) is 5.02 Å². The number of hydrogen-bond acceptors (Lipinski definition) is 8. The van der Waals surface area contributed by atoms with Gasteiger partial charge in [-0.3, -0.25) is 4.79 Å². The first kappa shape index (κ1) is 25.3. The van der Waals surface area contributed by atoms with E-state index < -0.39 is 12.1 Å². The molecule has 0 bridgehead atoms. The second-order valence-electron chi connectivity index (χ2n) is 7.84. The van der Waals surface area contributed by atoms with Crippen molar-refractivity contribution in [3.63, 3.8) is 0 Å². The van der Waals surface area contributed by atoms with Crippen molar-refractivity contribution in [1.82, 2.24) is 20.3 Å². The number of aromatic nitrogens is 3. The lowest BCUT2D eigenvalue weighted by Gasteiger charge is -2.32. The minimum absolute atomic E-state index is 0.158. The predicted molar refractivity (Wildman–Crippen MR) is 127 cm³/mol. The molecule has 1 aliphatic heterocycles. The number of rotatable bonds is 7. The third kappa shape index (κ3) is 6.66. The summed E-state index contributed by atoms with van der Waals surface area (Å²) in [6.07, 6.45) is -2.47. The monoisotopic (exact) mass is 522 g/mol. The third-order valence-electron chi connectivity index (χ3n) is 5.32. The molecular weight excluding hydrogens is 501 g/mol. The average Bonchev–Trinajstić information content (AvgIpc) is 2.85. The zero-order chi connectivity index (χ0) is 25.7. The smallest absolute Gasteiger partial charge is 0.490 e. The average molecular weight is 523 g/mol. The first-order valence-electron chi connectivity index (χ1n) is 11.0. The summed E-state index contributed by atoms with van der Waals surface area (Å²) >= 11 is 5.79. The number of carbonyl (C=O) groups excluding carboxylic acids is 1. The Balaban J connectivity index is 1.36. The number of alkyl halides is 3. The number of amides is 1. The second-order valence-corrected chi connectivity index (χ2v) is 8.25. The minimum Gasteiger partial charge on any atom is -0.490 e. The van der Waals surface area contributed by atoms with Crippen LogP contribution in [-0.4, -0.2) is 53.5 Å². The van der Waals surface area contributed by atoms with Crippen LogP contribution in [0, 0.1) is 0 Å². The molecule has 1 amide bonds. The Bertz CT molecular complexity index is 1220. The number of anilines is 3. The van der Waals surface area contributed by atoms with E-state index in [4.69, 9.17) is 16.3 Å². The number of hydrogen-bond donors (Lipinski definition) is 2. The van der Waals surface area contributed by atoms with E-state index in [0.717, 1.165) is 6.07 Å². The topological polar surface area (TPSA) is 102 Å². The molecule has 0 aliphatic carbocycles. The zero-order valence-corrected chi connectivity index (χ0v) is 19.8. The standard InChI is InChI=1S/C23H22ClF3N6O3/c1-28-20(34)14-3-2-4-15(11-14)31-21-29-13-30-22(32-21)33-9-7-16(8-10-33)35-17-5-6-18(24)19(12-17)36-23(25,26)27/h2-6,11-13,16H,7-10H2,1H3,(H,28,34)(H,29,30,31,32). The van der Waals surface area contributed by atoms with E-state index >= 15 is 0 Å². The summed E-state index contributed by atoms with van der Waals surface area (Å²) in [7, 11) is 1.56. The van der Waals surface area contributed by atoms with E-state index in [-0.39, 0.29) is 22.8 Å². The molecule has 0 radical (unpaired) electrons. The van der Waals surface area contributed by atoms with Gasteiger partial charge < -0.3 is 25.0 Å². The largest absolute Gasteiger partial charge is 0.573 e. The first-order valence-corrected chi connectivity index (χ1v) is 11.3. The molecule has 3 aromatic rings. The summed E-state index contributed by atoms with van der Waals surface area (Å²) < 4.78 is 47.5. The number of carbonyl (C=O) groups is 1. The molecule has 2 aromatic carbocycles. The number of nitrogens with one attached hydrogen (secondary N) is 2. The number of ether oxygens (including phenoxy) is 2. The SMILES string of the molecule is CNC(=O)c1cccc(Nc2ncnc(N3CCC(Oc4ccc(Cl)c(OC(F)(F)F)c4)CC3)n2)c1.